The van der Waals surface area contributed by atoms with Crippen molar-refractivity contribution >= 4 is 39.5 Å². The van der Waals surface area contributed by atoms with Crippen LogP contribution >= 0.6 is 15.6 Å². The summed E-state index contributed by atoms with van der Waals surface area (Å²) in [5.74, 6) is 0.125. The van der Waals surface area contributed by atoms with Crippen LogP contribution in [0.15, 0.2) is 24.3 Å². The van der Waals surface area contributed by atoms with Gasteiger partial charge in [-0.2, -0.15) is 0 Å². The van der Waals surface area contributed by atoms with Gasteiger partial charge in [0.1, 0.15) is 19.3 Å². The monoisotopic (exact) mass is 1350 g/mol. The van der Waals surface area contributed by atoms with Gasteiger partial charge in [0.05, 0.1) is 26.4 Å². The van der Waals surface area contributed by atoms with E-state index in [2.05, 4.69) is 72.8 Å². The fourth-order valence-electron chi connectivity index (χ4n) is 10.5. The van der Waals surface area contributed by atoms with Crippen molar-refractivity contribution in [3.05, 3.63) is 24.3 Å². The van der Waals surface area contributed by atoms with Gasteiger partial charge in [-0.15, -0.1) is 0 Å². The molecule has 0 spiro atoms. The van der Waals surface area contributed by atoms with Crippen LogP contribution in [-0.2, 0) is 65.4 Å². The lowest BCUT2D eigenvalue weighted by Crippen LogP contribution is -2.30. The summed E-state index contributed by atoms with van der Waals surface area (Å²) in [5, 5.41) is 10.6. The molecular formula is C73H138O17P2. The van der Waals surface area contributed by atoms with Crippen molar-refractivity contribution < 1.29 is 80.2 Å². The summed E-state index contributed by atoms with van der Waals surface area (Å²) in [6, 6.07) is 0. The van der Waals surface area contributed by atoms with Crippen molar-refractivity contribution in [2.24, 2.45) is 17.8 Å². The summed E-state index contributed by atoms with van der Waals surface area (Å²) in [5.41, 5.74) is 0. The van der Waals surface area contributed by atoms with E-state index < -0.39 is 97.5 Å². The molecule has 7 atom stereocenters. The Morgan fingerprint density at radius 3 is 0.967 bits per heavy atom. The number of hydrogen-bond acceptors (Lipinski definition) is 15. The molecule has 0 aliphatic heterocycles. The molecule has 0 saturated heterocycles. The van der Waals surface area contributed by atoms with Gasteiger partial charge < -0.3 is 33.8 Å². The molecule has 0 radical (unpaired) electrons. The van der Waals surface area contributed by atoms with E-state index in [1.54, 1.807) is 0 Å². The number of phosphoric acid groups is 2. The molecule has 0 aromatic heterocycles. The molecule has 0 bridgehead atoms. The zero-order valence-corrected chi connectivity index (χ0v) is 61.3. The standard InChI is InChI=1S/C73H138O17P2/c1-8-11-12-13-14-15-16-17-18-19-23-26-33-42-49-56-72(77)89-68(60-83-70(75)54-47-40-32-29-28-31-38-45-52-65(6)9-2)62-87-91(79,80)85-58-67(74)59-86-92(81,82)88-63-69(61-84-71(76)55-48-41-36-35-39-46-53-66(7)10-3)90-73(78)57-50-43-34-27-24-21-20-22-25-30-37-44-51-64(4)5/h15-18,64-69,74H,8-14,19-63H2,1-7H3,(H,79,80)(H,81,82)/b16-15-,18-17-/t65?,66?,67-,68-,69-/m1/s1. The van der Waals surface area contributed by atoms with Crippen molar-refractivity contribution in [1.82, 2.24) is 0 Å². The van der Waals surface area contributed by atoms with Gasteiger partial charge in [-0.1, -0.05) is 291 Å². The molecule has 3 N–H and O–H groups in total. The van der Waals surface area contributed by atoms with Crippen LogP contribution in [0.2, 0.25) is 0 Å². The van der Waals surface area contributed by atoms with Gasteiger partial charge in [0.2, 0.25) is 0 Å². The van der Waals surface area contributed by atoms with Gasteiger partial charge in [-0.25, -0.2) is 9.13 Å². The van der Waals surface area contributed by atoms with Gasteiger partial charge in [0.15, 0.2) is 12.2 Å². The van der Waals surface area contributed by atoms with E-state index in [4.69, 9.17) is 37.0 Å². The summed E-state index contributed by atoms with van der Waals surface area (Å²) in [6.45, 7) is 11.8. The third-order valence-electron chi connectivity index (χ3n) is 17.0. The van der Waals surface area contributed by atoms with Crippen molar-refractivity contribution in [3.8, 4) is 0 Å². The van der Waals surface area contributed by atoms with E-state index >= 15 is 0 Å². The predicted octanol–water partition coefficient (Wildman–Crippen LogP) is 20.6. The Morgan fingerprint density at radius 2 is 0.641 bits per heavy atom. The number of unbranched alkanes of at least 4 members (excludes halogenated alkanes) is 32. The number of carbonyl (C=O) groups is 4. The normalized spacial score (nSPS) is 14.9. The molecular weight excluding hydrogens is 1210 g/mol. The summed E-state index contributed by atoms with van der Waals surface area (Å²) in [6.07, 6.45) is 50.7. The zero-order chi connectivity index (χ0) is 68.0. The Kier molecular flexibility index (Phi) is 61.6. The fraction of sp³-hybridized carbons (Fsp3) is 0.890. The molecule has 17 nitrogen and oxygen atoms in total. The minimum absolute atomic E-state index is 0.0841. The van der Waals surface area contributed by atoms with E-state index in [0.717, 1.165) is 127 Å². The lowest BCUT2D eigenvalue weighted by molar-refractivity contribution is -0.161. The van der Waals surface area contributed by atoms with Crippen LogP contribution in [0.3, 0.4) is 0 Å². The maximum Gasteiger partial charge on any atom is 0.472 e. The second-order valence-corrected chi connectivity index (χ2v) is 29.5. The highest BCUT2D eigenvalue weighted by atomic mass is 31.2. The summed E-state index contributed by atoms with van der Waals surface area (Å²) in [7, 11) is -9.92. The van der Waals surface area contributed by atoms with Crippen molar-refractivity contribution in [2.75, 3.05) is 39.6 Å². The Hall–Kier alpha value is -2.46. The molecule has 0 amide bonds. The van der Waals surface area contributed by atoms with Crippen LogP contribution in [0, 0.1) is 17.8 Å². The van der Waals surface area contributed by atoms with Crippen LogP contribution in [0.5, 0.6) is 0 Å². The second kappa shape index (κ2) is 63.3. The molecule has 92 heavy (non-hydrogen) atoms. The summed E-state index contributed by atoms with van der Waals surface area (Å²) in [4.78, 5) is 72.7. The first-order valence-corrected chi connectivity index (χ1v) is 40.2. The number of allylic oxidation sites excluding steroid dienone is 4. The quantitative estimate of drug-likeness (QED) is 0.0169. The Labute approximate surface area is 561 Å². The topological polar surface area (TPSA) is 237 Å². The first-order valence-electron chi connectivity index (χ1n) is 37.2. The molecule has 0 heterocycles. The first kappa shape index (κ1) is 89.5. The number of rotatable bonds is 69. The van der Waals surface area contributed by atoms with Crippen molar-refractivity contribution in [3.63, 3.8) is 0 Å². The number of esters is 4. The van der Waals surface area contributed by atoms with Gasteiger partial charge in [-0.05, 0) is 69.1 Å². The van der Waals surface area contributed by atoms with Gasteiger partial charge in [-0.3, -0.25) is 37.3 Å². The molecule has 0 rings (SSSR count). The molecule has 4 unspecified atom stereocenters. The molecule has 0 saturated carbocycles. The number of hydrogen-bond donors (Lipinski definition) is 3. The highest BCUT2D eigenvalue weighted by Gasteiger charge is 2.30. The molecule has 0 aromatic rings. The smallest absolute Gasteiger partial charge is 0.462 e. The van der Waals surface area contributed by atoms with E-state index in [9.17, 15) is 43.2 Å². The van der Waals surface area contributed by atoms with Gasteiger partial charge >= 0.3 is 39.5 Å². The third kappa shape index (κ3) is 63.6. The fourth-order valence-corrected chi connectivity index (χ4v) is 12.0. The van der Waals surface area contributed by atoms with Crippen LogP contribution in [0.25, 0.3) is 0 Å². The van der Waals surface area contributed by atoms with Crippen LogP contribution < -0.4 is 0 Å². The van der Waals surface area contributed by atoms with E-state index in [0.29, 0.717) is 25.7 Å². The highest BCUT2D eigenvalue weighted by Crippen LogP contribution is 2.45. The second-order valence-electron chi connectivity index (χ2n) is 26.6. The lowest BCUT2D eigenvalue weighted by Gasteiger charge is -2.21. The van der Waals surface area contributed by atoms with Gasteiger partial charge in [0, 0.05) is 25.7 Å². The minimum Gasteiger partial charge on any atom is -0.462 e. The minimum atomic E-state index is -4.96. The molecule has 19 heteroatoms. The van der Waals surface area contributed by atoms with Crippen LogP contribution in [-0.4, -0.2) is 96.7 Å². The maximum absolute atomic E-state index is 13.0. The average Bonchev–Trinajstić information content (AvgIpc) is 3.72. The molecule has 542 valence electrons. The molecule has 0 aliphatic rings. The third-order valence-corrected chi connectivity index (χ3v) is 18.9. The van der Waals surface area contributed by atoms with Crippen molar-refractivity contribution in [1.29, 1.82) is 0 Å². The van der Waals surface area contributed by atoms with Crippen LogP contribution in [0.1, 0.15) is 344 Å². The predicted molar refractivity (Wildman–Crippen MR) is 372 cm³/mol. The van der Waals surface area contributed by atoms with E-state index in [1.165, 1.54) is 135 Å². The van der Waals surface area contributed by atoms with E-state index in [-0.39, 0.29) is 25.7 Å². The Balaban J connectivity index is 5.30. The lowest BCUT2D eigenvalue weighted by atomic mass is 9.99. The Bertz CT molecular complexity index is 1900. The number of phosphoric ester groups is 2. The summed E-state index contributed by atoms with van der Waals surface area (Å²) < 4.78 is 68.4. The SMILES string of the molecule is CCCCCC/C=C\C=C/CCCCCCCC(=O)O[C@H](COC(=O)CCCCCCCCCCC(C)CC)COP(=O)(O)OC[C@@H](O)COP(=O)(O)OC[C@@H](COC(=O)CCCCCCCCC(C)CC)OC(=O)CCCCCCCCCCCCCCC(C)C. The van der Waals surface area contributed by atoms with Crippen LogP contribution in [0.4, 0.5) is 0 Å². The molecule has 0 fully saturated rings. The number of aliphatic hydroxyl groups is 1. The number of aliphatic hydroxyl groups excluding tert-OH is 1. The first-order chi connectivity index (χ1) is 44.3. The molecule has 0 aliphatic carbocycles. The van der Waals surface area contributed by atoms with E-state index in [1.807, 2.05) is 0 Å². The Morgan fingerprint density at radius 1 is 0.359 bits per heavy atom. The average molecular weight is 1350 g/mol. The van der Waals surface area contributed by atoms with Gasteiger partial charge in [0.25, 0.3) is 0 Å². The highest BCUT2D eigenvalue weighted by molar-refractivity contribution is 7.47. The zero-order valence-electron chi connectivity index (χ0n) is 59.5. The maximum atomic E-state index is 13.0. The largest absolute Gasteiger partial charge is 0.472 e. The molecule has 0 aromatic carbocycles. The number of ether oxygens (including phenoxy) is 4. The summed E-state index contributed by atoms with van der Waals surface area (Å²) >= 11 is 0. The number of carbonyl (C=O) groups excluding carboxylic acids is 4. The van der Waals surface area contributed by atoms with Crippen molar-refractivity contribution in [2.45, 2.75) is 362 Å².